The highest BCUT2D eigenvalue weighted by Crippen LogP contribution is 2.64. The van der Waals surface area contributed by atoms with Gasteiger partial charge < -0.3 is 14.9 Å². The molecule has 4 atom stereocenters. The van der Waals surface area contributed by atoms with Crippen molar-refractivity contribution < 1.29 is 19.7 Å². The fourth-order valence-electron chi connectivity index (χ4n) is 5.42. The van der Waals surface area contributed by atoms with Crippen LogP contribution in [0.4, 0.5) is 0 Å². The molecule has 2 N–H and O–H groups in total. The number of ketones is 1. The molecule has 1 aromatic carbocycles. The number of ether oxygens (including phenoxy) is 1. The van der Waals surface area contributed by atoms with Crippen LogP contribution in [0.5, 0.6) is 5.75 Å². The molecule has 1 unspecified atom stereocenters. The Hall–Kier alpha value is -1.65. The normalized spacial score (nSPS) is 40.4. The quantitative estimate of drug-likeness (QED) is 0.822. The zero-order valence-corrected chi connectivity index (χ0v) is 12.2. The molecule has 4 heteroatoms. The SMILES string of the molecule is O=C1C=C[C@@]2(O)C3CCC[C@@]24c2c(ccc(CO)c2O[C@@H]14)C3. The molecule has 3 aliphatic carbocycles. The first-order chi connectivity index (χ1) is 10.6. The second-order valence-corrected chi connectivity index (χ2v) is 7.07. The van der Waals surface area contributed by atoms with Gasteiger partial charge in [-0.2, -0.15) is 0 Å². The summed E-state index contributed by atoms with van der Waals surface area (Å²) in [5.41, 5.74) is 1.21. The van der Waals surface area contributed by atoms with Gasteiger partial charge >= 0.3 is 0 Å². The summed E-state index contributed by atoms with van der Waals surface area (Å²) < 4.78 is 6.06. The molecule has 2 bridgehead atoms. The van der Waals surface area contributed by atoms with E-state index in [2.05, 4.69) is 0 Å². The largest absolute Gasteiger partial charge is 0.481 e. The molecule has 1 heterocycles. The summed E-state index contributed by atoms with van der Waals surface area (Å²) in [4.78, 5) is 12.5. The van der Waals surface area contributed by atoms with Gasteiger partial charge in [0, 0.05) is 11.1 Å². The third-order valence-corrected chi connectivity index (χ3v) is 6.31. The maximum Gasteiger partial charge on any atom is 0.196 e. The Morgan fingerprint density at radius 3 is 3.05 bits per heavy atom. The van der Waals surface area contributed by atoms with Gasteiger partial charge in [-0.15, -0.1) is 0 Å². The van der Waals surface area contributed by atoms with E-state index in [-0.39, 0.29) is 18.3 Å². The summed E-state index contributed by atoms with van der Waals surface area (Å²) in [6.45, 7) is -0.116. The van der Waals surface area contributed by atoms with E-state index < -0.39 is 17.1 Å². The van der Waals surface area contributed by atoms with Gasteiger partial charge in [-0.1, -0.05) is 18.6 Å². The van der Waals surface area contributed by atoms with E-state index in [1.807, 2.05) is 12.1 Å². The number of hydrogen-bond donors (Lipinski definition) is 2. The van der Waals surface area contributed by atoms with Crippen LogP contribution in [0.25, 0.3) is 0 Å². The highest BCUT2D eigenvalue weighted by atomic mass is 16.5. The number of carbonyl (C=O) groups is 1. The van der Waals surface area contributed by atoms with Gasteiger partial charge in [-0.3, -0.25) is 4.79 Å². The fraction of sp³-hybridized carbons (Fsp3) is 0.500. The molecular formula is C18H18O4. The van der Waals surface area contributed by atoms with E-state index in [1.54, 1.807) is 6.08 Å². The zero-order valence-electron chi connectivity index (χ0n) is 12.2. The first kappa shape index (κ1) is 12.9. The van der Waals surface area contributed by atoms with Crippen LogP contribution >= 0.6 is 0 Å². The molecule has 1 saturated carbocycles. The Balaban J connectivity index is 1.90. The Morgan fingerprint density at radius 2 is 2.23 bits per heavy atom. The minimum atomic E-state index is -1.00. The molecule has 0 aromatic heterocycles. The highest BCUT2D eigenvalue weighted by molar-refractivity contribution is 5.98. The maximum absolute atomic E-state index is 12.5. The standard InChI is InChI=1S/C18H18O4/c19-9-11-4-3-10-8-12-2-1-6-17-14(10)15(11)22-16(17)13(20)5-7-18(12,17)21/h3-5,7,12,16,19,21H,1-2,6,8-9H2/t12?,16-,17-,18+/m0/s1. The maximum atomic E-state index is 12.5. The first-order valence-electron chi connectivity index (χ1n) is 8.00. The molecule has 5 rings (SSSR count). The van der Waals surface area contributed by atoms with Crippen LogP contribution in [-0.4, -0.2) is 27.7 Å². The van der Waals surface area contributed by atoms with E-state index >= 15 is 0 Å². The van der Waals surface area contributed by atoms with E-state index in [0.29, 0.717) is 11.3 Å². The lowest BCUT2D eigenvalue weighted by molar-refractivity contribution is -0.144. The third kappa shape index (κ3) is 1.15. The van der Waals surface area contributed by atoms with Crippen LogP contribution in [0, 0.1) is 5.92 Å². The minimum Gasteiger partial charge on any atom is -0.481 e. The molecule has 0 radical (unpaired) electrons. The lowest BCUT2D eigenvalue weighted by atomic mass is 9.47. The van der Waals surface area contributed by atoms with E-state index in [1.165, 1.54) is 11.6 Å². The smallest absolute Gasteiger partial charge is 0.196 e. The Kier molecular flexibility index (Phi) is 2.23. The van der Waals surface area contributed by atoms with E-state index in [4.69, 9.17) is 4.74 Å². The number of benzene rings is 1. The second-order valence-electron chi connectivity index (χ2n) is 7.07. The Bertz CT molecular complexity index is 737. The summed E-state index contributed by atoms with van der Waals surface area (Å²) in [7, 11) is 0. The lowest BCUT2D eigenvalue weighted by Crippen LogP contribution is -2.68. The summed E-state index contributed by atoms with van der Waals surface area (Å²) >= 11 is 0. The minimum absolute atomic E-state index is 0.0711. The summed E-state index contributed by atoms with van der Waals surface area (Å²) in [6.07, 6.45) is 6.11. The molecule has 114 valence electrons. The molecule has 0 saturated heterocycles. The van der Waals surface area contributed by atoms with Crippen molar-refractivity contribution in [3.05, 3.63) is 41.0 Å². The number of carbonyl (C=O) groups excluding carboxylic acids is 1. The molecule has 1 aliphatic heterocycles. The third-order valence-electron chi connectivity index (χ3n) is 6.31. The van der Waals surface area contributed by atoms with Gasteiger partial charge in [-0.25, -0.2) is 0 Å². The number of aliphatic hydroxyl groups excluding tert-OH is 1. The van der Waals surface area contributed by atoms with E-state index in [9.17, 15) is 15.0 Å². The second kappa shape index (κ2) is 3.81. The summed E-state index contributed by atoms with van der Waals surface area (Å²) in [5.74, 6) is 0.703. The Labute approximate surface area is 128 Å². The molecular weight excluding hydrogens is 280 g/mol. The molecule has 1 fully saturated rings. The highest BCUT2D eigenvalue weighted by Gasteiger charge is 2.70. The van der Waals surface area contributed by atoms with Crippen LogP contribution in [0.1, 0.15) is 36.0 Å². The van der Waals surface area contributed by atoms with Gasteiger partial charge in [0.2, 0.25) is 0 Å². The average Bonchev–Trinajstić information content (AvgIpc) is 2.85. The first-order valence-corrected chi connectivity index (χ1v) is 8.00. The van der Waals surface area contributed by atoms with Crippen molar-refractivity contribution in [1.29, 1.82) is 0 Å². The van der Waals surface area contributed by atoms with Gasteiger partial charge in [-0.05, 0) is 42.9 Å². The van der Waals surface area contributed by atoms with Gasteiger partial charge in [0.15, 0.2) is 11.9 Å². The predicted molar refractivity (Wildman–Crippen MR) is 78.6 cm³/mol. The molecule has 1 aromatic rings. The summed E-state index contributed by atoms with van der Waals surface area (Å²) in [5, 5.41) is 21.1. The van der Waals surface area contributed by atoms with Crippen molar-refractivity contribution in [1.82, 2.24) is 0 Å². The monoisotopic (exact) mass is 298 g/mol. The van der Waals surface area contributed by atoms with Crippen LogP contribution in [-0.2, 0) is 23.2 Å². The van der Waals surface area contributed by atoms with Crippen molar-refractivity contribution in [3.63, 3.8) is 0 Å². The van der Waals surface area contributed by atoms with Gasteiger partial charge in [0.05, 0.1) is 12.0 Å². The zero-order chi connectivity index (χ0) is 15.1. The van der Waals surface area contributed by atoms with Crippen molar-refractivity contribution >= 4 is 5.78 Å². The predicted octanol–water partition coefficient (Wildman–Crippen LogP) is 1.40. The average molecular weight is 298 g/mol. The number of aliphatic hydroxyl groups is 2. The van der Waals surface area contributed by atoms with Crippen LogP contribution in [0.3, 0.4) is 0 Å². The van der Waals surface area contributed by atoms with Crippen LogP contribution in [0.2, 0.25) is 0 Å². The molecule has 1 spiro atoms. The number of rotatable bonds is 1. The van der Waals surface area contributed by atoms with Crippen LogP contribution in [0.15, 0.2) is 24.3 Å². The van der Waals surface area contributed by atoms with Crippen molar-refractivity contribution in [2.45, 2.75) is 49.4 Å². The molecule has 4 aliphatic rings. The molecule has 4 nitrogen and oxygen atoms in total. The lowest BCUT2D eigenvalue weighted by Gasteiger charge is -2.57. The van der Waals surface area contributed by atoms with Crippen LogP contribution < -0.4 is 4.74 Å². The summed E-state index contributed by atoms with van der Waals surface area (Å²) in [6, 6.07) is 3.93. The van der Waals surface area contributed by atoms with Crippen molar-refractivity contribution in [3.8, 4) is 5.75 Å². The molecule has 22 heavy (non-hydrogen) atoms. The fourth-order valence-corrected chi connectivity index (χ4v) is 5.42. The van der Waals surface area contributed by atoms with Gasteiger partial charge in [0.25, 0.3) is 0 Å². The van der Waals surface area contributed by atoms with Crippen molar-refractivity contribution in [2.24, 2.45) is 5.92 Å². The van der Waals surface area contributed by atoms with Crippen molar-refractivity contribution in [2.75, 3.05) is 0 Å². The molecule has 0 amide bonds. The number of hydrogen-bond acceptors (Lipinski definition) is 4. The topological polar surface area (TPSA) is 66.8 Å². The van der Waals surface area contributed by atoms with Gasteiger partial charge in [0.1, 0.15) is 11.4 Å². The Morgan fingerprint density at radius 1 is 1.36 bits per heavy atom. The van der Waals surface area contributed by atoms with E-state index in [0.717, 1.165) is 31.2 Å².